The van der Waals surface area contributed by atoms with Crippen LogP contribution in [0, 0.1) is 6.92 Å². The number of halogens is 1. The molecular formula is C42H53BrN11O4P. The quantitative estimate of drug-likeness (QED) is 0.132. The lowest BCUT2D eigenvalue weighted by atomic mass is 9.98. The van der Waals surface area contributed by atoms with Crippen LogP contribution >= 0.6 is 23.1 Å². The van der Waals surface area contributed by atoms with Gasteiger partial charge >= 0.3 is 6.09 Å². The first kappa shape index (κ1) is 41.0. The molecule has 0 unspecified atom stereocenters. The molecule has 0 spiro atoms. The lowest BCUT2D eigenvalue weighted by Crippen LogP contribution is -2.55. The first-order valence-electron chi connectivity index (χ1n) is 20.3. The number of aryl methyl sites for hydroxylation is 2. The number of aromatic nitrogens is 6. The highest BCUT2D eigenvalue weighted by molar-refractivity contribution is 9.10. The van der Waals surface area contributed by atoms with E-state index in [2.05, 4.69) is 68.5 Å². The number of hydrogen-bond donors (Lipinski definition) is 2. The van der Waals surface area contributed by atoms with Crippen molar-refractivity contribution in [2.24, 2.45) is 7.05 Å². The van der Waals surface area contributed by atoms with Gasteiger partial charge in [-0.15, -0.1) is 0 Å². The van der Waals surface area contributed by atoms with Crippen molar-refractivity contribution >= 4 is 74.2 Å². The molecule has 5 heterocycles. The van der Waals surface area contributed by atoms with Gasteiger partial charge in [0.15, 0.2) is 0 Å². The molecule has 0 bridgehead atoms. The van der Waals surface area contributed by atoms with Crippen molar-refractivity contribution in [1.29, 1.82) is 0 Å². The Morgan fingerprint density at radius 1 is 0.915 bits per heavy atom. The van der Waals surface area contributed by atoms with E-state index >= 15 is 0 Å². The molecule has 17 heteroatoms. The van der Waals surface area contributed by atoms with Crippen molar-refractivity contribution in [2.45, 2.75) is 71.1 Å². The van der Waals surface area contributed by atoms with Crippen LogP contribution in [0.2, 0.25) is 0 Å². The van der Waals surface area contributed by atoms with Gasteiger partial charge in [0.25, 0.3) is 0 Å². The Morgan fingerprint density at radius 3 is 2.32 bits per heavy atom. The largest absolute Gasteiger partial charge is 0.488 e. The molecule has 59 heavy (non-hydrogen) atoms. The van der Waals surface area contributed by atoms with E-state index in [1.807, 2.05) is 68.9 Å². The summed E-state index contributed by atoms with van der Waals surface area (Å²) in [5, 5.41) is 12.9. The average molecular weight is 887 g/mol. The number of piperidine rings is 1. The summed E-state index contributed by atoms with van der Waals surface area (Å²) in [5.74, 6) is 2.26. The highest BCUT2D eigenvalue weighted by atomic mass is 79.9. The fourth-order valence-electron chi connectivity index (χ4n) is 7.88. The molecule has 2 aliphatic heterocycles. The molecule has 312 valence electrons. The van der Waals surface area contributed by atoms with Crippen molar-refractivity contribution in [1.82, 2.24) is 39.5 Å². The number of anilines is 5. The highest BCUT2D eigenvalue weighted by Crippen LogP contribution is 2.44. The Balaban J connectivity index is 1.05. The highest BCUT2D eigenvalue weighted by Gasteiger charge is 2.33. The first-order valence-corrected chi connectivity index (χ1v) is 23.7. The summed E-state index contributed by atoms with van der Waals surface area (Å²) >= 11 is 3.64. The predicted molar refractivity (Wildman–Crippen MR) is 237 cm³/mol. The Hall–Kier alpha value is -4.79. The molecule has 2 saturated heterocycles. The van der Waals surface area contributed by atoms with Gasteiger partial charge in [-0.2, -0.15) is 10.1 Å². The van der Waals surface area contributed by atoms with Gasteiger partial charge in [0.05, 0.1) is 33.7 Å². The third-order valence-electron chi connectivity index (χ3n) is 10.9. The van der Waals surface area contributed by atoms with E-state index in [-0.39, 0.29) is 12.2 Å². The van der Waals surface area contributed by atoms with Gasteiger partial charge in [0.2, 0.25) is 5.95 Å². The molecule has 5 aromatic rings. The second-order valence-electron chi connectivity index (χ2n) is 17.1. The summed E-state index contributed by atoms with van der Waals surface area (Å²) in [6, 6.07) is 8.52. The topological polar surface area (TPSA) is 156 Å². The minimum atomic E-state index is -2.79. The van der Waals surface area contributed by atoms with E-state index in [4.69, 9.17) is 14.5 Å². The molecular weight excluding hydrogens is 833 g/mol. The van der Waals surface area contributed by atoms with Crippen LogP contribution in [0.1, 0.15) is 52.3 Å². The number of benzene rings is 2. The van der Waals surface area contributed by atoms with E-state index < -0.39 is 12.7 Å². The molecule has 1 amide bonds. The Morgan fingerprint density at radius 2 is 1.66 bits per heavy atom. The maximum absolute atomic E-state index is 13.7. The number of piperazine rings is 1. The number of nitrogens with one attached hydrogen (secondary N) is 2. The van der Waals surface area contributed by atoms with Crippen molar-refractivity contribution < 1.29 is 18.8 Å². The van der Waals surface area contributed by atoms with Gasteiger partial charge < -0.3 is 34.5 Å². The minimum Gasteiger partial charge on any atom is -0.488 e. The minimum absolute atomic E-state index is 0.152. The third kappa shape index (κ3) is 9.50. The zero-order valence-corrected chi connectivity index (χ0v) is 37.3. The monoisotopic (exact) mass is 885 g/mol. The number of hydrogen-bond acceptors (Lipinski definition) is 13. The normalized spacial score (nSPS) is 17.0. The van der Waals surface area contributed by atoms with Crippen LogP contribution in [-0.4, -0.2) is 116 Å². The summed E-state index contributed by atoms with van der Waals surface area (Å²) < 4.78 is 28.4. The van der Waals surface area contributed by atoms with Crippen LogP contribution in [0.15, 0.2) is 53.5 Å². The van der Waals surface area contributed by atoms with Gasteiger partial charge in [-0.1, -0.05) is 0 Å². The second-order valence-corrected chi connectivity index (χ2v) is 21.1. The standard InChI is InChI=1S/C42H53BrN11O4P/c1-26-44-23-31-33(47-26)10-11-34(38(31)59(6,7)56)48-39-32(43)24-45-40(50-39)49-35-20-30(27-22-46-51(5)25-27)36(21-37(35)57-29-8-9-29)53-14-12-28(13-15-53)52-16-18-54(19-17-52)41(55)58-42(2,3)4/h10-11,20-25,28-29H,8-9,12-19H2,1-7H3,(H2,45,48,49,50). The van der Waals surface area contributed by atoms with E-state index in [0.29, 0.717) is 52.2 Å². The van der Waals surface area contributed by atoms with Gasteiger partial charge in [0, 0.05) is 105 Å². The molecule has 0 atom stereocenters. The van der Waals surface area contributed by atoms with Crippen molar-refractivity contribution in [2.75, 3.05) is 68.1 Å². The molecule has 3 fully saturated rings. The molecule has 8 rings (SSSR count). The molecule has 3 aliphatic rings. The smallest absolute Gasteiger partial charge is 0.410 e. The Kier molecular flexibility index (Phi) is 11.3. The predicted octanol–water partition coefficient (Wildman–Crippen LogP) is 7.69. The molecule has 2 aromatic carbocycles. The SMILES string of the molecule is Cc1ncc2c(P(C)(C)=O)c(Nc3nc(Nc4cc(-c5cnn(C)c5)c(N5CCC(N6CCN(C(=O)OC(C)(C)C)CC6)CC5)cc4OC4CC4)ncc3Br)ccc2n1. The van der Waals surface area contributed by atoms with Crippen LogP contribution in [0.5, 0.6) is 5.75 Å². The van der Waals surface area contributed by atoms with Gasteiger partial charge in [-0.05, 0) is 101 Å². The number of ether oxygens (including phenoxy) is 2. The van der Waals surface area contributed by atoms with E-state index in [1.165, 1.54) is 0 Å². The molecule has 0 radical (unpaired) electrons. The maximum Gasteiger partial charge on any atom is 0.410 e. The average Bonchev–Trinajstić information content (AvgIpc) is 3.91. The van der Waals surface area contributed by atoms with E-state index in [9.17, 15) is 9.36 Å². The number of rotatable bonds is 10. The zero-order chi connectivity index (χ0) is 41.6. The fraction of sp³-hybridized carbons (Fsp3) is 0.476. The van der Waals surface area contributed by atoms with Gasteiger partial charge in [0.1, 0.15) is 30.1 Å². The maximum atomic E-state index is 13.7. The summed E-state index contributed by atoms with van der Waals surface area (Å²) in [4.78, 5) is 38.0. The van der Waals surface area contributed by atoms with Crippen LogP contribution in [-0.2, 0) is 16.3 Å². The lowest BCUT2D eigenvalue weighted by Gasteiger charge is -2.43. The summed E-state index contributed by atoms with van der Waals surface area (Å²) in [7, 11) is -0.859. The van der Waals surface area contributed by atoms with Crippen molar-refractivity contribution in [3.63, 3.8) is 0 Å². The third-order valence-corrected chi connectivity index (χ3v) is 13.0. The number of carbonyl (C=O) groups is 1. The summed E-state index contributed by atoms with van der Waals surface area (Å²) in [5.41, 5.74) is 4.77. The Bertz CT molecular complexity index is 2410. The summed E-state index contributed by atoms with van der Waals surface area (Å²) in [6.07, 6.45) is 11.3. The molecule has 1 aliphatic carbocycles. The molecule has 2 N–H and O–H groups in total. The van der Waals surface area contributed by atoms with Crippen LogP contribution < -0.4 is 25.6 Å². The molecule has 3 aromatic heterocycles. The fourth-order valence-corrected chi connectivity index (χ4v) is 9.63. The lowest BCUT2D eigenvalue weighted by molar-refractivity contribution is 0.00901. The van der Waals surface area contributed by atoms with Crippen molar-refractivity contribution in [3.05, 3.63) is 59.3 Å². The first-order chi connectivity index (χ1) is 28.1. The van der Waals surface area contributed by atoms with Crippen LogP contribution in [0.25, 0.3) is 22.0 Å². The molecule has 15 nitrogen and oxygen atoms in total. The van der Waals surface area contributed by atoms with Crippen LogP contribution in [0.3, 0.4) is 0 Å². The van der Waals surface area contributed by atoms with E-state index in [0.717, 1.165) is 91.0 Å². The van der Waals surface area contributed by atoms with E-state index in [1.54, 1.807) is 25.7 Å². The Labute approximate surface area is 353 Å². The number of amides is 1. The number of fused-ring (bicyclic) bond motifs is 1. The van der Waals surface area contributed by atoms with Gasteiger partial charge in [-0.3, -0.25) is 9.58 Å². The number of carbonyl (C=O) groups excluding carboxylic acids is 1. The summed E-state index contributed by atoms with van der Waals surface area (Å²) in [6.45, 7) is 15.9. The number of nitrogens with zero attached hydrogens (tertiary/aromatic N) is 9. The molecule has 1 saturated carbocycles. The van der Waals surface area contributed by atoms with Crippen LogP contribution in [0.4, 0.5) is 33.6 Å². The van der Waals surface area contributed by atoms with Crippen molar-refractivity contribution in [3.8, 4) is 16.9 Å². The zero-order valence-electron chi connectivity index (χ0n) is 34.8. The second kappa shape index (κ2) is 16.3. The van der Waals surface area contributed by atoms with Gasteiger partial charge in [-0.25, -0.2) is 19.7 Å².